The van der Waals surface area contributed by atoms with E-state index in [0.717, 1.165) is 11.0 Å². The van der Waals surface area contributed by atoms with E-state index in [-0.39, 0.29) is 5.60 Å². The second kappa shape index (κ2) is 9.06. The lowest BCUT2D eigenvalue weighted by molar-refractivity contribution is -0.0166. The van der Waals surface area contributed by atoms with Gasteiger partial charge in [-0.05, 0) is 19.3 Å². The number of rotatable bonds is 9. The molecule has 0 aliphatic carbocycles. The van der Waals surface area contributed by atoms with Crippen molar-refractivity contribution in [3.8, 4) is 0 Å². The van der Waals surface area contributed by atoms with Crippen LogP contribution in [0.4, 0.5) is 0 Å². The Morgan fingerprint density at radius 2 is 2.07 bits per heavy atom. The third-order valence-corrected chi connectivity index (χ3v) is 4.96. The van der Waals surface area contributed by atoms with Crippen LogP contribution in [0.5, 0.6) is 0 Å². The van der Waals surface area contributed by atoms with Crippen LogP contribution in [0.2, 0.25) is 0 Å². The molecule has 3 heteroatoms. The topological polar surface area (TPSA) is 9.23 Å². The number of halogens is 2. The van der Waals surface area contributed by atoms with Crippen LogP contribution in [0.1, 0.15) is 46.5 Å². The number of ether oxygens (including phenoxy) is 1. The second-order valence-corrected chi connectivity index (χ2v) is 5.47. The molecule has 0 aliphatic rings. The maximum Gasteiger partial charge on any atom is 0.0878 e. The highest BCUT2D eigenvalue weighted by Gasteiger charge is 2.23. The van der Waals surface area contributed by atoms with Crippen molar-refractivity contribution in [2.45, 2.75) is 52.1 Å². The zero-order chi connectivity index (χ0) is 11.7. The molecule has 0 saturated carbocycles. The lowest BCUT2D eigenvalue weighted by Gasteiger charge is -2.28. The van der Waals surface area contributed by atoms with Crippen LogP contribution in [0.25, 0.3) is 0 Å². The summed E-state index contributed by atoms with van der Waals surface area (Å²) in [5.41, 5.74) is -0.137. The molecule has 0 bridgehead atoms. The Hall–Kier alpha value is 0.980. The van der Waals surface area contributed by atoms with Gasteiger partial charge in [-0.15, -0.1) is 11.6 Å². The van der Waals surface area contributed by atoms with Crippen LogP contribution >= 0.6 is 34.2 Å². The van der Waals surface area contributed by atoms with Crippen molar-refractivity contribution in [1.29, 1.82) is 0 Å². The average Bonchev–Trinajstić information content (AvgIpc) is 2.29. The summed E-state index contributed by atoms with van der Waals surface area (Å²) in [6, 6.07) is 0. The molecule has 0 aromatic heterocycles. The first-order chi connectivity index (χ1) is 7.11. The molecule has 92 valence electrons. The Balaban J connectivity index is 3.87. The van der Waals surface area contributed by atoms with Crippen molar-refractivity contribution in [3.63, 3.8) is 0 Å². The van der Waals surface area contributed by atoms with E-state index in [9.17, 15) is 0 Å². The van der Waals surface area contributed by atoms with Crippen molar-refractivity contribution in [2.75, 3.05) is 16.9 Å². The summed E-state index contributed by atoms with van der Waals surface area (Å²) >= 11 is 8.25. The molecule has 0 heterocycles. The van der Waals surface area contributed by atoms with Crippen LogP contribution in [-0.4, -0.2) is 22.5 Å². The Kier molecular flexibility index (Phi) is 9.65. The van der Waals surface area contributed by atoms with Gasteiger partial charge in [-0.25, -0.2) is 0 Å². The summed E-state index contributed by atoms with van der Waals surface area (Å²) in [5, 5.41) is 0. The molecule has 0 aliphatic heterocycles. The first-order valence-corrected chi connectivity index (χ1v) is 7.93. The zero-order valence-electron chi connectivity index (χ0n) is 10.2. The third kappa shape index (κ3) is 7.01. The quantitative estimate of drug-likeness (QED) is 0.436. The summed E-state index contributed by atoms with van der Waals surface area (Å²) in [6.45, 7) is 7.44. The van der Waals surface area contributed by atoms with Crippen LogP contribution in [0.3, 0.4) is 0 Å². The lowest BCUT2D eigenvalue weighted by Crippen LogP contribution is -2.34. The average molecular weight is 347 g/mol. The molecule has 0 rings (SSSR count). The van der Waals surface area contributed by atoms with Crippen LogP contribution in [0.15, 0.2) is 0 Å². The highest BCUT2D eigenvalue weighted by molar-refractivity contribution is 14.1. The third-order valence-electron chi connectivity index (χ3n) is 2.78. The summed E-state index contributed by atoms with van der Waals surface area (Å²) in [7, 11) is 0. The monoisotopic (exact) mass is 346 g/mol. The molecule has 1 nitrogen and oxygen atoms in total. The molecule has 0 aromatic rings. The fourth-order valence-electron chi connectivity index (χ4n) is 1.33. The molecule has 15 heavy (non-hydrogen) atoms. The lowest BCUT2D eigenvalue weighted by atomic mass is 10.00. The number of unbranched alkanes of at least 4 members (excludes halogenated alkanes) is 1. The van der Waals surface area contributed by atoms with Crippen molar-refractivity contribution in [2.24, 2.45) is 5.92 Å². The summed E-state index contributed by atoms with van der Waals surface area (Å²) in [5.74, 6) is 1.29. The maximum atomic E-state index is 5.94. The molecular weight excluding hydrogens is 322 g/mol. The Bertz CT molecular complexity index is 149. The van der Waals surface area contributed by atoms with Gasteiger partial charge in [0.25, 0.3) is 0 Å². The SMILES string of the molecule is CCCCC(CC)COC(C)(CCl)CI. The van der Waals surface area contributed by atoms with E-state index >= 15 is 0 Å². The van der Waals surface area contributed by atoms with Crippen molar-refractivity contribution >= 4 is 34.2 Å². The summed E-state index contributed by atoms with van der Waals surface area (Å²) in [6.07, 6.45) is 5.07. The maximum absolute atomic E-state index is 5.94. The Labute approximate surface area is 113 Å². The van der Waals surface area contributed by atoms with Crippen LogP contribution in [-0.2, 0) is 4.74 Å². The van der Waals surface area contributed by atoms with E-state index in [1.807, 2.05) is 0 Å². The van der Waals surface area contributed by atoms with Gasteiger partial charge in [-0.3, -0.25) is 0 Å². The van der Waals surface area contributed by atoms with E-state index < -0.39 is 0 Å². The van der Waals surface area contributed by atoms with Gasteiger partial charge >= 0.3 is 0 Å². The van der Waals surface area contributed by atoms with E-state index in [1.54, 1.807) is 0 Å². The standard InChI is InChI=1S/C12H24ClIO/c1-4-6-7-11(5-2)8-15-12(3,9-13)10-14/h11H,4-10H2,1-3H3. The molecule has 0 fully saturated rings. The van der Waals surface area contributed by atoms with E-state index in [1.165, 1.54) is 25.7 Å². The number of hydrogen-bond donors (Lipinski definition) is 0. The first-order valence-electron chi connectivity index (χ1n) is 5.87. The van der Waals surface area contributed by atoms with Crippen LogP contribution < -0.4 is 0 Å². The molecule has 0 spiro atoms. The van der Waals surface area contributed by atoms with Gasteiger partial charge in [0.1, 0.15) is 0 Å². The van der Waals surface area contributed by atoms with Gasteiger partial charge in [0.15, 0.2) is 0 Å². The van der Waals surface area contributed by atoms with Gasteiger partial charge in [-0.2, -0.15) is 0 Å². The van der Waals surface area contributed by atoms with Gasteiger partial charge in [0.2, 0.25) is 0 Å². The molecule has 0 N–H and O–H groups in total. The van der Waals surface area contributed by atoms with Gasteiger partial charge in [0.05, 0.1) is 18.1 Å². The fraction of sp³-hybridized carbons (Fsp3) is 1.00. The molecule has 2 atom stereocenters. The van der Waals surface area contributed by atoms with E-state index in [2.05, 4.69) is 43.4 Å². The van der Waals surface area contributed by atoms with Gasteiger partial charge in [-0.1, -0.05) is 55.7 Å². The molecular formula is C12H24ClIO. The molecule has 0 aromatic carbocycles. The molecule has 0 radical (unpaired) electrons. The number of alkyl halides is 2. The van der Waals surface area contributed by atoms with Crippen molar-refractivity contribution in [1.82, 2.24) is 0 Å². The second-order valence-electron chi connectivity index (χ2n) is 4.44. The highest BCUT2D eigenvalue weighted by Crippen LogP contribution is 2.20. The largest absolute Gasteiger partial charge is 0.373 e. The van der Waals surface area contributed by atoms with Crippen molar-refractivity contribution < 1.29 is 4.74 Å². The normalized spacial score (nSPS) is 17.4. The van der Waals surface area contributed by atoms with Gasteiger partial charge < -0.3 is 4.74 Å². The minimum Gasteiger partial charge on any atom is -0.373 e. The summed E-state index contributed by atoms with van der Waals surface area (Å²) < 4.78 is 6.90. The van der Waals surface area contributed by atoms with E-state index in [4.69, 9.17) is 16.3 Å². The molecule has 0 saturated heterocycles. The fourth-order valence-corrected chi connectivity index (χ4v) is 2.31. The van der Waals surface area contributed by atoms with Gasteiger partial charge in [0, 0.05) is 4.43 Å². The smallest absolute Gasteiger partial charge is 0.0878 e. The van der Waals surface area contributed by atoms with Crippen molar-refractivity contribution in [3.05, 3.63) is 0 Å². The Morgan fingerprint density at radius 3 is 2.47 bits per heavy atom. The predicted molar refractivity (Wildman–Crippen MR) is 77.3 cm³/mol. The number of hydrogen-bond acceptors (Lipinski definition) is 1. The summed E-state index contributed by atoms with van der Waals surface area (Å²) in [4.78, 5) is 0. The zero-order valence-corrected chi connectivity index (χ0v) is 13.1. The van der Waals surface area contributed by atoms with E-state index in [0.29, 0.717) is 11.8 Å². The first kappa shape index (κ1) is 16.0. The van der Waals surface area contributed by atoms with Crippen LogP contribution in [0, 0.1) is 5.92 Å². The highest BCUT2D eigenvalue weighted by atomic mass is 127. The molecule has 2 unspecified atom stereocenters. The minimum absolute atomic E-state index is 0.137. The predicted octanol–water partition coefficient (Wildman–Crippen LogP) is 4.65. The minimum atomic E-state index is -0.137. The molecule has 0 amide bonds. The Morgan fingerprint density at radius 1 is 1.40 bits per heavy atom.